The van der Waals surface area contributed by atoms with Gasteiger partial charge in [-0.05, 0) is 49.8 Å². The molecule has 1 aromatic rings. The lowest BCUT2D eigenvalue weighted by atomic mass is 10.2. The molecule has 0 atom stereocenters. The maximum atomic E-state index is 11.5. The van der Waals surface area contributed by atoms with E-state index in [4.69, 9.17) is 17.0 Å². The molecule has 0 radical (unpaired) electrons. The third kappa shape index (κ3) is 5.89. The normalized spacial score (nSPS) is 9.63. The van der Waals surface area contributed by atoms with Crippen molar-refractivity contribution in [1.82, 2.24) is 16.2 Å². The molecule has 19 heavy (non-hydrogen) atoms. The van der Waals surface area contributed by atoms with E-state index in [1.54, 1.807) is 0 Å². The summed E-state index contributed by atoms with van der Waals surface area (Å²) in [6.07, 6.45) is 0. The number of halogens is 1. The molecule has 0 fully saturated rings. The van der Waals surface area contributed by atoms with Gasteiger partial charge in [0.2, 0.25) is 0 Å². The van der Waals surface area contributed by atoms with Crippen LogP contribution in [-0.4, -0.2) is 24.2 Å². The van der Waals surface area contributed by atoms with Crippen LogP contribution in [0.15, 0.2) is 22.7 Å². The first-order chi connectivity index (χ1) is 9.02. The Bertz CT molecular complexity index is 468. The van der Waals surface area contributed by atoms with Crippen molar-refractivity contribution in [2.45, 2.75) is 13.8 Å². The number of rotatable bonds is 4. The van der Waals surface area contributed by atoms with Crippen LogP contribution in [0.4, 0.5) is 0 Å². The molecule has 0 unspecified atom stereocenters. The van der Waals surface area contributed by atoms with E-state index in [0.29, 0.717) is 17.4 Å². The molecule has 0 aliphatic carbocycles. The molecule has 7 heteroatoms. The largest absolute Gasteiger partial charge is 0.483 e. The van der Waals surface area contributed by atoms with E-state index in [2.05, 4.69) is 32.1 Å². The number of amides is 1. The average molecular weight is 346 g/mol. The van der Waals surface area contributed by atoms with Crippen molar-refractivity contribution in [1.29, 1.82) is 0 Å². The molecule has 0 aromatic heterocycles. The highest BCUT2D eigenvalue weighted by Crippen LogP contribution is 2.21. The van der Waals surface area contributed by atoms with Crippen LogP contribution >= 0.6 is 28.1 Å². The van der Waals surface area contributed by atoms with E-state index >= 15 is 0 Å². The van der Waals surface area contributed by atoms with E-state index in [1.807, 2.05) is 32.0 Å². The van der Waals surface area contributed by atoms with Gasteiger partial charge in [-0.1, -0.05) is 15.9 Å². The molecule has 3 N–H and O–H groups in total. The third-order valence-corrected chi connectivity index (χ3v) is 2.89. The van der Waals surface area contributed by atoms with Gasteiger partial charge in [-0.25, -0.2) is 0 Å². The number of thiocarbonyl (C=S) groups is 1. The average Bonchev–Trinajstić information content (AvgIpc) is 2.35. The molecular formula is C12H16BrN3O2S. The van der Waals surface area contributed by atoms with E-state index in [9.17, 15) is 4.79 Å². The predicted molar refractivity (Wildman–Crippen MR) is 81.9 cm³/mol. The van der Waals surface area contributed by atoms with Gasteiger partial charge in [-0.3, -0.25) is 15.6 Å². The van der Waals surface area contributed by atoms with Crippen molar-refractivity contribution in [2.75, 3.05) is 13.2 Å². The van der Waals surface area contributed by atoms with Crippen LogP contribution in [0.1, 0.15) is 12.5 Å². The van der Waals surface area contributed by atoms with Crippen LogP contribution in [0.5, 0.6) is 5.75 Å². The molecule has 0 spiro atoms. The summed E-state index contributed by atoms with van der Waals surface area (Å²) in [5.41, 5.74) is 5.97. The van der Waals surface area contributed by atoms with Gasteiger partial charge in [0, 0.05) is 11.0 Å². The summed E-state index contributed by atoms with van der Waals surface area (Å²) in [6.45, 7) is 4.44. The summed E-state index contributed by atoms with van der Waals surface area (Å²) in [6, 6.07) is 5.59. The van der Waals surface area contributed by atoms with Gasteiger partial charge in [-0.2, -0.15) is 0 Å². The Labute approximate surface area is 126 Å². The lowest BCUT2D eigenvalue weighted by Crippen LogP contribution is -2.48. The minimum absolute atomic E-state index is 0.0792. The Hall–Kier alpha value is -1.34. The van der Waals surface area contributed by atoms with Crippen LogP contribution in [0.25, 0.3) is 0 Å². The zero-order valence-corrected chi connectivity index (χ0v) is 13.2. The number of nitrogens with one attached hydrogen (secondary N) is 3. The van der Waals surface area contributed by atoms with E-state index in [-0.39, 0.29) is 12.5 Å². The van der Waals surface area contributed by atoms with E-state index in [0.717, 1.165) is 10.0 Å². The van der Waals surface area contributed by atoms with Crippen molar-refractivity contribution >= 4 is 39.2 Å². The Morgan fingerprint density at radius 1 is 1.42 bits per heavy atom. The number of carbonyl (C=O) groups excluding carboxylic acids is 1. The van der Waals surface area contributed by atoms with E-state index in [1.165, 1.54) is 0 Å². The van der Waals surface area contributed by atoms with Gasteiger partial charge >= 0.3 is 0 Å². The molecular weight excluding hydrogens is 330 g/mol. The van der Waals surface area contributed by atoms with Gasteiger partial charge in [0.15, 0.2) is 11.7 Å². The summed E-state index contributed by atoms with van der Waals surface area (Å²) < 4.78 is 6.38. The van der Waals surface area contributed by atoms with Crippen LogP contribution < -0.4 is 20.9 Å². The smallest absolute Gasteiger partial charge is 0.276 e. The summed E-state index contributed by atoms with van der Waals surface area (Å²) >= 11 is 8.27. The second-order valence-electron chi connectivity index (χ2n) is 3.73. The van der Waals surface area contributed by atoms with Gasteiger partial charge in [0.25, 0.3) is 5.91 Å². The molecule has 0 aliphatic heterocycles. The summed E-state index contributed by atoms with van der Waals surface area (Å²) in [5.74, 6) is 0.371. The maximum Gasteiger partial charge on any atom is 0.276 e. The van der Waals surface area contributed by atoms with Crippen molar-refractivity contribution in [3.63, 3.8) is 0 Å². The highest BCUT2D eigenvalue weighted by atomic mass is 79.9. The molecule has 0 saturated heterocycles. The molecule has 104 valence electrons. The minimum atomic E-state index is -0.303. The fourth-order valence-corrected chi connectivity index (χ4v) is 1.96. The summed E-state index contributed by atoms with van der Waals surface area (Å²) in [4.78, 5) is 11.5. The monoisotopic (exact) mass is 345 g/mol. The Morgan fingerprint density at radius 3 is 2.79 bits per heavy atom. The fourth-order valence-electron chi connectivity index (χ4n) is 1.29. The van der Waals surface area contributed by atoms with Crippen LogP contribution in [0.2, 0.25) is 0 Å². The minimum Gasteiger partial charge on any atom is -0.483 e. The molecule has 0 saturated carbocycles. The summed E-state index contributed by atoms with van der Waals surface area (Å²) in [7, 11) is 0. The quantitative estimate of drug-likeness (QED) is 0.572. The topological polar surface area (TPSA) is 62.4 Å². The molecule has 0 heterocycles. The number of hydrazine groups is 1. The first-order valence-electron chi connectivity index (χ1n) is 5.74. The van der Waals surface area contributed by atoms with Crippen molar-refractivity contribution in [3.8, 4) is 5.75 Å². The van der Waals surface area contributed by atoms with Crippen molar-refractivity contribution in [3.05, 3.63) is 28.2 Å². The standard InChI is InChI=1S/C12H16BrN3O2S/c1-3-14-12(19)16-15-11(17)7-18-10-5-4-9(13)6-8(10)2/h4-6H,3,7H2,1-2H3,(H,15,17)(H2,14,16,19). The van der Waals surface area contributed by atoms with Crippen LogP contribution in [0, 0.1) is 6.92 Å². The predicted octanol–water partition coefficient (Wildman–Crippen LogP) is 1.65. The van der Waals surface area contributed by atoms with Gasteiger partial charge < -0.3 is 10.1 Å². The number of carbonyl (C=O) groups is 1. The van der Waals surface area contributed by atoms with Crippen molar-refractivity contribution in [2.24, 2.45) is 0 Å². The molecule has 5 nitrogen and oxygen atoms in total. The molecule has 0 aliphatic rings. The third-order valence-electron chi connectivity index (χ3n) is 2.15. The molecule has 1 rings (SSSR count). The molecule has 0 bridgehead atoms. The zero-order valence-electron chi connectivity index (χ0n) is 10.7. The first-order valence-corrected chi connectivity index (χ1v) is 6.94. The van der Waals surface area contributed by atoms with Gasteiger partial charge in [0.1, 0.15) is 5.75 Å². The highest BCUT2D eigenvalue weighted by Gasteiger charge is 2.05. The zero-order chi connectivity index (χ0) is 14.3. The number of hydrogen-bond acceptors (Lipinski definition) is 3. The first kappa shape index (κ1) is 15.7. The SMILES string of the molecule is CCNC(=S)NNC(=O)COc1ccc(Br)cc1C. The lowest BCUT2D eigenvalue weighted by Gasteiger charge is -2.12. The molecule has 1 aromatic carbocycles. The highest BCUT2D eigenvalue weighted by molar-refractivity contribution is 9.10. The second-order valence-corrected chi connectivity index (χ2v) is 5.06. The Kier molecular flexibility index (Phi) is 6.58. The molecule has 1 amide bonds. The van der Waals surface area contributed by atoms with Crippen LogP contribution in [-0.2, 0) is 4.79 Å². The van der Waals surface area contributed by atoms with Gasteiger partial charge in [-0.15, -0.1) is 0 Å². The number of aryl methyl sites for hydroxylation is 1. The number of hydrogen-bond donors (Lipinski definition) is 3. The summed E-state index contributed by atoms with van der Waals surface area (Å²) in [5, 5.41) is 3.22. The fraction of sp³-hybridized carbons (Fsp3) is 0.333. The number of ether oxygens (including phenoxy) is 1. The lowest BCUT2D eigenvalue weighted by molar-refractivity contribution is -0.123. The number of benzene rings is 1. The van der Waals surface area contributed by atoms with E-state index < -0.39 is 0 Å². The Morgan fingerprint density at radius 2 is 2.16 bits per heavy atom. The van der Waals surface area contributed by atoms with Crippen molar-refractivity contribution < 1.29 is 9.53 Å². The van der Waals surface area contributed by atoms with Gasteiger partial charge in [0.05, 0.1) is 0 Å². The van der Waals surface area contributed by atoms with Crippen LogP contribution in [0.3, 0.4) is 0 Å². The Balaban J connectivity index is 2.36. The maximum absolute atomic E-state index is 11.5. The second kappa shape index (κ2) is 7.96.